The predicted molar refractivity (Wildman–Crippen MR) is 49.3 cm³/mol. The Bertz CT molecular complexity index is 189. The maximum atomic E-state index is 2.08. The Balaban J connectivity index is 0. The fourth-order valence-electron chi connectivity index (χ4n) is 0.837. The molecule has 0 atom stereocenters. The van der Waals surface area contributed by atoms with E-state index >= 15 is 0 Å². The Morgan fingerprint density at radius 1 is 1.08 bits per heavy atom. The van der Waals surface area contributed by atoms with Crippen LogP contribution in [-0.4, -0.2) is 42.0 Å². The molecule has 1 nitrogen and oxygen atoms in total. The summed E-state index contributed by atoms with van der Waals surface area (Å²) in [6.45, 7) is 2.08. The van der Waals surface area contributed by atoms with Crippen molar-refractivity contribution in [2.75, 3.05) is 14.1 Å². The molecule has 0 radical (unpaired) electrons. The number of hydrogen-bond acceptors (Lipinski definition) is 1. The molecule has 3 heteroatoms. The number of rotatable bonds is 2. The van der Waals surface area contributed by atoms with Gasteiger partial charge in [-0.3, -0.25) is 0 Å². The molecule has 0 fully saturated rings. The van der Waals surface area contributed by atoms with Gasteiger partial charge in [0.05, 0.1) is 0 Å². The molecule has 62 valence electrons. The summed E-state index contributed by atoms with van der Waals surface area (Å²) in [5.74, 6) is 0. The Kier molecular flexibility index (Phi) is 9.77. The van der Waals surface area contributed by atoms with E-state index in [2.05, 4.69) is 18.7 Å². The predicted octanol–water partition coefficient (Wildman–Crippen LogP) is -1.62. The van der Waals surface area contributed by atoms with E-state index in [4.69, 9.17) is 0 Å². The molecule has 0 unspecified atom stereocenters. The van der Waals surface area contributed by atoms with Gasteiger partial charge in [-0.15, -0.1) is 18.7 Å². The van der Waals surface area contributed by atoms with Crippen molar-refractivity contribution in [3.63, 3.8) is 0 Å². The number of halogens is 1. The number of benzene rings is 1. The van der Waals surface area contributed by atoms with E-state index in [1.807, 2.05) is 37.2 Å². The van der Waals surface area contributed by atoms with E-state index in [-0.39, 0.29) is 40.0 Å². The van der Waals surface area contributed by atoms with Crippen LogP contribution in [0.2, 0.25) is 0 Å². The Labute approximate surface area is 101 Å². The van der Waals surface area contributed by atoms with Crippen molar-refractivity contribution >= 4 is 23.1 Å². The van der Waals surface area contributed by atoms with Crippen molar-refractivity contribution in [1.29, 1.82) is 0 Å². The smallest absolute Gasteiger partial charge is 1.00 e. The number of nitrogens with zero attached hydrogens (tertiary/aromatic N) is 1. The van der Waals surface area contributed by atoms with Crippen molar-refractivity contribution in [3.8, 4) is 0 Å². The van der Waals surface area contributed by atoms with E-state index in [0.29, 0.717) is 0 Å². The second kappa shape index (κ2) is 7.92. The van der Waals surface area contributed by atoms with Gasteiger partial charge in [0, 0.05) is 0 Å². The third kappa shape index (κ3) is 5.89. The first-order valence-corrected chi connectivity index (χ1v) is 3.35. The first kappa shape index (κ1) is 14.8. The second-order valence-corrected chi connectivity index (χ2v) is 2.50. The third-order valence-electron chi connectivity index (χ3n) is 1.21. The molecule has 0 saturated heterocycles. The summed E-state index contributed by atoms with van der Waals surface area (Å²) in [6, 6.07) is 10.3. The quantitative estimate of drug-likeness (QED) is 0.442. The van der Waals surface area contributed by atoms with Gasteiger partial charge in [-0.25, -0.2) is 0 Å². The molecular weight excluding hydrogens is 226 g/mol. The van der Waals surface area contributed by atoms with Crippen LogP contribution in [-0.2, 0) is 0 Å². The Morgan fingerprint density at radius 2 is 1.58 bits per heavy atom. The summed E-state index contributed by atoms with van der Waals surface area (Å²) < 4.78 is 0. The van der Waals surface area contributed by atoms with Crippen molar-refractivity contribution in [3.05, 3.63) is 42.4 Å². The van der Waals surface area contributed by atoms with Gasteiger partial charge in [-0.1, -0.05) is 6.07 Å². The van der Waals surface area contributed by atoms with Crippen LogP contribution in [0.4, 0.5) is 0 Å². The van der Waals surface area contributed by atoms with Gasteiger partial charge in [-0.2, -0.15) is 17.7 Å². The summed E-state index contributed by atoms with van der Waals surface area (Å²) >= 11 is 0. The average Bonchev–Trinajstić information content (AvgIpc) is 1.88. The second-order valence-electron chi connectivity index (χ2n) is 2.50. The molecule has 0 bridgehead atoms. The average molecular weight is 238 g/mol. The van der Waals surface area contributed by atoms with Crippen LogP contribution in [0.15, 0.2) is 30.3 Å². The van der Waals surface area contributed by atoms with E-state index in [0.717, 1.165) is 0 Å². The largest absolute Gasteiger partial charge is 2.00 e. The molecule has 0 amide bonds. The van der Waals surface area contributed by atoms with E-state index in [1.165, 1.54) is 5.56 Å². The van der Waals surface area contributed by atoms with Crippen LogP contribution >= 0.6 is 0 Å². The van der Waals surface area contributed by atoms with Crippen molar-refractivity contribution in [2.45, 2.75) is 0 Å². The van der Waals surface area contributed by atoms with Crippen LogP contribution in [0.1, 0.15) is 5.56 Å². The summed E-state index contributed by atoms with van der Waals surface area (Å²) in [4.78, 5) is 2.04. The van der Waals surface area contributed by atoms with E-state index in [1.54, 1.807) is 0 Å². The van der Waals surface area contributed by atoms with Crippen LogP contribution < -0.4 is 17.0 Å². The van der Waals surface area contributed by atoms with E-state index < -0.39 is 0 Å². The van der Waals surface area contributed by atoms with Gasteiger partial charge >= 0.3 is 23.1 Å². The van der Waals surface area contributed by atoms with Crippen LogP contribution in [0.25, 0.3) is 0 Å². The minimum Gasteiger partial charge on any atom is -1.00 e. The summed E-state index contributed by atoms with van der Waals surface area (Å²) in [5, 5.41) is 0. The Morgan fingerprint density at radius 3 is 2.00 bits per heavy atom. The molecule has 1 rings (SSSR count). The summed E-state index contributed by atoms with van der Waals surface area (Å²) in [7, 11) is 4.04. The van der Waals surface area contributed by atoms with Crippen molar-refractivity contribution < 1.29 is 17.0 Å². The van der Waals surface area contributed by atoms with E-state index in [9.17, 15) is 0 Å². The minimum absolute atomic E-state index is 0. The first-order chi connectivity index (χ1) is 4.79. The van der Waals surface area contributed by atoms with Gasteiger partial charge in [0.1, 0.15) is 0 Å². The van der Waals surface area contributed by atoms with Gasteiger partial charge in [0.2, 0.25) is 0 Å². The summed E-state index contributed by atoms with van der Waals surface area (Å²) in [5.41, 5.74) is 1.24. The molecule has 0 aliphatic heterocycles. The van der Waals surface area contributed by atoms with Gasteiger partial charge in [0.25, 0.3) is 0 Å². The SMILES string of the molecule is CN(C)[CH-]c1ccccc1.[Br-].[Mg+2]. The monoisotopic (exact) mass is 237 g/mol. The van der Waals surface area contributed by atoms with Crippen molar-refractivity contribution in [1.82, 2.24) is 4.90 Å². The zero-order chi connectivity index (χ0) is 7.40. The Hall–Kier alpha value is 0.296. The van der Waals surface area contributed by atoms with Gasteiger partial charge in [-0.05, 0) is 14.1 Å². The normalized spacial score (nSPS) is 8.25. The fraction of sp³-hybridized carbons (Fsp3) is 0.222. The fourth-order valence-corrected chi connectivity index (χ4v) is 0.837. The molecular formula is C9H12BrMgN. The van der Waals surface area contributed by atoms with Gasteiger partial charge < -0.3 is 21.9 Å². The first-order valence-electron chi connectivity index (χ1n) is 3.35. The number of hydrogen-bond donors (Lipinski definition) is 0. The van der Waals surface area contributed by atoms with Crippen molar-refractivity contribution in [2.24, 2.45) is 0 Å². The maximum absolute atomic E-state index is 2.08. The minimum atomic E-state index is 0. The van der Waals surface area contributed by atoms with Crippen LogP contribution in [0.3, 0.4) is 0 Å². The zero-order valence-electron chi connectivity index (χ0n) is 7.50. The van der Waals surface area contributed by atoms with Crippen LogP contribution in [0.5, 0.6) is 0 Å². The topological polar surface area (TPSA) is 3.24 Å². The molecule has 0 saturated carbocycles. The molecule has 0 aromatic heterocycles. The molecule has 12 heavy (non-hydrogen) atoms. The zero-order valence-corrected chi connectivity index (χ0v) is 10.5. The molecule has 0 N–H and O–H groups in total. The maximum Gasteiger partial charge on any atom is 2.00 e. The molecule has 0 aliphatic rings. The molecule has 1 aromatic carbocycles. The molecule has 0 spiro atoms. The molecule has 0 heterocycles. The summed E-state index contributed by atoms with van der Waals surface area (Å²) in [6.07, 6.45) is 0. The third-order valence-corrected chi connectivity index (χ3v) is 1.21. The molecule has 1 aromatic rings. The standard InChI is InChI=1S/C9H12N.BrH.Mg/c1-10(2)8-9-6-4-3-5-7-9;;/h3-8H,1-2H3;1H;/q-1;;+2/p-1. The van der Waals surface area contributed by atoms with Gasteiger partial charge in [0.15, 0.2) is 0 Å². The van der Waals surface area contributed by atoms with Crippen LogP contribution in [0, 0.1) is 6.54 Å². The molecule has 0 aliphatic carbocycles.